The molecule has 0 saturated carbocycles. The van der Waals surface area contributed by atoms with E-state index < -0.39 is 71.1 Å². The van der Waals surface area contributed by atoms with E-state index in [4.69, 9.17) is 30.7 Å². The van der Waals surface area contributed by atoms with Crippen molar-refractivity contribution in [2.24, 2.45) is 17.4 Å². The molecule has 4 aromatic rings. The number of nitrogens with two attached hydrogens (primary N) is 2. The average Bonchev–Trinajstić information content (AvgIpc) is 3.70. The first-order valence-electron chi connectivity index (χ1n) is 23.0. The molecule has 21 heteroatoms. The van der Waals surface area contributed by atoms with Crippen LogP contribution in [0.4, 0.5) is 24.5 Å². The van der Waals surface area contributed by atoms with E-state index in [9.17, 15) is 38.7 Å². The van der Waals surface area contributed by atoms with Crippen LogP contribution in [0.2, 0.25) is 0 Å². The molecule has 0 unspecified atom stereocenters. The molecule has 4 heterocycles. The zero-order valence-corrected chi connectivity index (χ0v) is 39.7. The van der Waals surface area contributed by atoms with Gasteiger partial charge >= 0.3 is 24.2 Å². The highest BCUT2D eigenvalue weighted by molar-refractivity contribution is 5.98. The number of aryl methyl sites for hydroxylation is 1. The third-order valence-electron chi connectivity index (χ3n) is 13.2. The summed E-state index contributed by atoms with van der Waals surface area (Å²) >= 11 is 0. The van der Waals surface area contributed by atoms with Gasteiger partial charge in [0.05, 0.1) is 41.1 Å². The maximum absolute atomic E-state index is 15.5. The summed E-state index contributed by atoms with van der Waals surface area (Å²) in [6.45, 7) is 9.86. The Kier molecular flexibility index (Phi) is 14.9. The molecule has 70 heavy (non-hydrogen) atoms. The number of carbonyl (C=O) groups is 6. The van der Waals surface area contributed by atoms with Crippen molar-refractivity contribution in [3.63, 3.8) is 0 Å². The summed E-state index contributed by atoms with van der Waals surface area (Å²) in [6.07, 6.45) is 1.00. The summed E-state index contributed by atoms with van der Waals surface area (Å²) in [4.78, 5) is 97.8. The molecule has 2 aromatic carbocycles. The van der Waals surface area contributed by atoms with Crippen molar-refractivity contribution in [2.45, 2.75) is 110 Å². The SMILES string of the molecule is C=CCOC(=O)N(C)Cc1cc(NC(=O)[C@H](CCCNC(N)=O)NC(=O)[C@@H](N)C(C)C)ccc1COC(=O)N[C@H]1CCc2c(C)c(F)cc3nc4c(c1c23)Cn1c-4cc2c(c1=O)COC(=O)[C@]2(O)CC. The Bertz CT molecular complexity index is 2870. The van der Waals surface area contributed by atoms with E-state index in [-0.39, 0.29) is 81.4 Å². The maximum Gasteiger partial charge on any atom is 0.410 e. The third kappa shape index (κ3) is 10.0. The second-order valence-corrected chi connectivity index (χ2v) is 18.1. The number of amides is 6. The lowest BCUT2D eigenvalue weighted by Crippen LogP contribution is -2.51. The van der Waals surface area contributed by atoms with Crippen LogP contribution in [0.5, 0.6) is 0 Å². The van der Waals surface area contributed by atoms with Crippen LogP contribution in [0.1, 0.15) is 97.0 Å². The molecule has 9 N–H and O–H groups in total. The molecule has 4 atom stereocenters. The fraction of sp³-hybridized carbons (Fsp3) is 0.429. The number of rotatable bonds is 17. The molecule has 0 radical (unpaired) electrons. The predicted octanol–water partition coefficient (Wildman–Crippen LogP) is 4.05. The van der Waals surface area contributed by atoms with Gasteiger partial charge in [-0.3, -0.25) is 14.4 Å². The van der Waals surface area contributed by atoms with Crippen LogP contribution in [-0.2, 0) is 66.9 Å². The number of anilines is 1. The van der Waals surface area contributed by atoms with Gasteiger partial charge in [-0.25, -0.2) is 28.6 Å². The number of carbonyl (C=O) groups excluding carboxylic acids is 6. The van der Waals surface area contributed by atoms with E-state index in [0.29, 0.717) is 68.5 Å². The fourth-order valence-corrected chi connectivity index (χ4v) is 9.17. The summed E-state index contributed by atoms with van der Waals surface area (Å²) in [5.41, 5.74) is 13.6. The van der Waals surface area contributed by atoms with Crippen LogP contribution < -0.4 is 38.3 Å². The normalized spacial score (nSPS) is 17.3. The van der Waals surface area contributed by atoms with Gasteiger partial charge in [0, 0.05) is 48.4 Å². The first-order valence-corrected chi connectivity index (χ1v) is 23.0. The van der Waals surface area contributed by atoms with E-state index in [1.165, 1.54) is 28.7 Å². The third-order valence-corrected chi connectivity index (χ3v) is 13.2. The van der Waals surface area contributed by atoms with Crippen LogP contribution in [0.3, 0.4) is 0 Å². The van der Waals surface area contributed by atoms with E-state index in [1.54, 1.807) is 52.0 Å². The number of pyridine rings is 2. The number of hydrogen-bond acceptors (Lipinski definition) is 13. The zero-order chi connectivity index (χ0) is 50.8. The van der Waals surface area contributed by atoms with Crippen molar-refractivity contribution in [3.05, 3.63) is 104 Å². The van der Waals surface area contributed by atoms with Crippen LogP contribution in [0, 0.1) is 18.7 Å². The molecule has 20 nitrogen and oxygen atoms in total. The Morgan fingerprint density at radius 1 is 1.10 bits per heavy atom. The Balaban J connectivity index is 1.16. The zero-order valence-electron chi connectivity index (χ0n) is 39.7. The van der Waals surface area contributed by atoms with Crippen molar-refractivity contribution >= 4 is 52.6 Å². The minimum atomic E-state index is -2.06. The van der Waals surface area contributed by atoms with E-state index in [0.717, 1.165) is 0 Å². The molecule has 0 spiro atoms. The number of nitrogens with one attached hydrogen (secondary N) is 4. The number of nitrogens with zero attached hydrogens (tertiary/aromatic N) is 3. The highest BCUT2D eigenvalue weighted by Crippen LogP contribution is 2.46. The van der Waals surface area contributed by atoms with Crippen molar-refractivity contribution in [2.75, 3.05) is 25.5 Å². The standard InChI is InChI=1S/C49H58FN9O11/c1-7-16-68-48(66)58(6)20-27-17-28(54-42(60)35(10-9-15-53-46(52)64)56-43(61)40(51)24(3)4)12-11-26(27)22-70-47(65)57-34-14-13-29-25(5)33(50)19-36-38(29)39(34)30-21-59-37(41(30)55-36)18-32-31(44(59)62)23-69-45(63)49(32,67)8-2/h7,11-12,17-19,24,34-35,40,67H,1,8-10,13-16,20-23,51H2,2-6H3,(H,54,60)(H,56,61)(H,57,65)(H3,52,53,64)/t34-,35-,40-,49-/m0/s1. The molecule has 372 valence electrons. The number of urea groups is 1. The van der Waals surface area contributed by atoms with Gasteiger partial charge in [-0.1, -0.05) is 39.5 Å². The molecule has 2 aliphatic heterocycles. The average molecular weight is 968 g/mol. The summed E-state index contributed by atoms with van der Waals surface area (Å²) in [6, 6.07) is 4.28. The minimum Gasteiger partial charge on any atom is -0.458 e. The van der Waals surface area contributed by atoms with Crippen molar-refractivity contribution < 1.29 is 52.5 Å². The van der Waals surface area contributed by atoms with Crippen LogP contribution >= 0.6 is 0 Å². The number of aromatic nitrogens is 2. The number of ether oxygens (including phenoxy) is 3. The largest absolute Gasteiger partial charge is 0.458 e. The predicted molar refractivity (Wildman–Crippen MR) is 253 cm³/mol. The van der Waals surface area contributed by atoms with Gasteiger partial charge in [-0.2, -0.15) is 0 Å². The topological polar surface area (TPSA) is 289 Å². The molecule has 1 aliphatic carbocycles. The lowest BCUT2D eigenvalue weighted by Gasteiger charge is -2.31. The van der Waals surface area contributed by atoms with E-state index >= 15 is 4.39 Å². The smallest absolute Gasteiger partial charge is 0.410 e. The van der Waals surface area contributed by atoms with Crippen molar-refractivity contribution in [1.82, 2.24) is 30.4 Å². The number of primary amides is 1. The minimum absolute atomic E-state index is 0.0384. The molecular formula is C49H58FN9O11. The Labute approximate surface area is 402 Å². The Morgan fingerprint density at radius 2 is 1.86 bits per heavy atom. The number of aliphatic hydroxyl groups is 1. The Hall–Kier alpha value is -7.39. The van der Waals surface area contributed by atoms with Gasteiger partial charge in [-0.05, 0) is 91.0 Å². The fourth-order valence-electron chi connectivity index (χ4n) is 9.17. The van der Waals surface area contributed by atoms with E-state index in [2.05, 4.69) is 27.8 Å². The van der Waals surface area contributed by atoms with Gasteiger partial charge in [0.25, 0.3) is 5.56 Å². The number of cyclic esters (lactones) is 1. The molecule has 0 bridgehead atoms. The molecule has 0 saturated heterocycles. The van der Waals surface area contributed by atoms with Gasteiger partial charge in [0.15, 0.2) is 5.60 Å². The molecule has 2 aromatic heterocycles. The van der Waals surface area contributed by atoms with Gasteiger partial charge in [-0.15, -0.1) is 0 Å². The second kappa shape index (κ2) is 20.7. The lowest BCUT2D eigenvalue weighted by molar-refractivity contribution is -0.172. The number of benzene rings is 2. The number of halogens is 1. The molecule has 0 fully saturated rings. The highest BCUT2D eigenvalue weighted by atomic mass is 19.1. The molecule has 3 aliphatic rings. The summed E-state index contributed by atoms with van der Waals surface area (Å²) < 4.78 is 33.3. The highest BCUT2D eigenvalue weighted by Gasteiger charge is 2.46. The Morgan fingerprint density at radius 3 is 2.56 bits per heavy atom. The second-order valence-electron chi connectivity index (χ2n) is 18.1. The summed E-state index contributed by atoms with van der Waals surface area (Å²) in [5, 5.41) is 23.0. The van der Waals surface area contributed by atoms with Gasteiger partial charge in [0.2, 0.25) is 11.8 Å². The van der Waals surface area contributed by atoms with Crippen molar-refractivity contribution in [1.29, 1.82) is 0 Å². The van der Waals surface area contributed by atoms with E-state index in [1.807, 2.05) is 0 Å². The summed E-state index contributed by atoms with van der Waals surface area (Å²) in [5.74, 6) is -2.68. The van der Waals surface area contributed by atoms with Crippen LogP contribution in [0.25, 0.3) is 22.3 Å². The molecule has 7 rings (SSSR count). The number of fused-ring (bicyclic) bond motifs is 5. The molecular weight excluding hydrogens is 910 g/mol. The number of alkyl carbamates (subject to hydrolysis) is 1. The first-order chi connectivity index (χ1) is 33.3. The first kappa shape index (κ1) is 50.5. The van der Waals surface area contributed by atoms with Crippen LogP contribution in [0.15, 0.2) is 47.8 Å². The number of hydrogen-bond donors (Lipinski definition) is 7. The lowest BCUT2D eigenvalue weighted by atomic mass is 9.81. The van der Waals surface area contributed by atoms with Gasteiger partial charge < -0.3 is 61.5 Å². The van der Waals surface area contributed by atoms with Crippen molar-refractivity contribution in [3.8, 4) is 11.4 Å². The van der Waals surface area contributed by atoms with Crippen LogP contribution in [-0.4, -0.2) is 87.8 Å². The quantitative estimate of drug-likeness (QED) is 0.0300. The summed E-state index contributed by atoms with van der Waals surface area (Å²) in [7, 11) is 1.50. The molecule has 6 amide bonds. The van der Waals surface area contributed by atoms with Gasteiger partial charge in [0.1, 0.15) is 31.7 Å². The monoisotopic (exact) mass is 967 g/mol. The number of esters is 1. The maximum atomic E-state index is 15.5.